The molecule has 0 spiro atoms. The zero-order valence-electron chi connectivity index (χ0n) is 10.5. The van der Waals surface area contributed by atoms with E-state index >= 15 is 0 Å². The van der Waals surface area contributed by atoms with Crippen molar-refractivity contribution in [3.8, 4) is 5.75 Å². The third kappa shape index (κ3) is 2.43. The van der Waals surface area contributed by atoms with Gasteiger partial charge in [0.2, 0.25) is 0 Å². The van der Waals surface area contributed by atoms with Gasteiger partial charge in [0.25, 0.3) is 0 Å². The fourth-order valence-corrected chi connectivity index (χ4v) is 3.69. The van der Waals surface area contributed by atoms with Crippen LogP contribution < -0.4 is 4.74 Å². The fourth-order valence-electron chi connectivity index (χ4n) is 2.20. The molecule has 4 nitrogen and oxygen atoms in total. The summed E-state index contributed by atoms with van der Waals surface area (Å²) < 4.78 is 11.7. The highest BCUT2D eigenvalue weighted by atomic mass is 79.9. The summed E-state index contributed by atoms with van der Waals surface area (Å²) in [4.78, 5) is 24.2. The Kier molecular flexibility index (Phi) is 4.30. The molecule has 0 aromatic heterocycles. The quantitative estimate of drug-likeness (QED) is 0.586. The van der Waals surface area contributed by atoms with Gasteiger partial charge in [-0.25, -0.2) is 0 Å². The van der Waals surface area contributed by atoms with Gasteiger partial charge in [-0.2, -0.15) is 0 Å². The van der Waals surface area contributed by atoms with E-state index in [1.54, 1.807) is 6.92 Å². The second kappa shape index (κ2) is 5.63. The SMILES string of the molecule is CCOC(=O)C1Cc2c(Br)cc(Br)c(OC)c2C1=O. The van der Waals surface area contributed by atoms with Gasteiger partial charge >= 0.3 is 5.97 Å². The van der Waals surface area contributed by atoms with Gasteiger partial charge in [-0.3, -0.25) is 9.59 Å². The number of benzene rings is 1. The Morgan fingerprint density at radius 1 is 1.42 bits per heavy atom. The lowest BCUT2D eigenvalue weighted by molar-refractivity contribution is -0.145. The van der Waals surface area contributed by atoms with Gasteiger partial charge in [-0.1, -0.05) is 15.9 Å². The van der Waals surface area contributed by atoms with Gasteiger partial charge < -0.3 is 9.47 Å². The van der Waals surface area contributed by atoms with E-state index in [4.69, 9.17) is 9.47 Å². The molecule has 6 heteroatoms. The molecule has 0 saturated heterocycles. The maximum atomic E-state index is 12.4. The minimum absolute atomic E-state index is 0.243. The van der Waals surface area contributed by atoms with Crippen LogP contribution in [0.3, 0.4) is 0 Å². The number of ketones is 1. The molecule has 0 heterocycles. The first-order valence-corrected chi connectivity index (χ1v) is 7.35. The third-order valence-electron chi connectivity index (χ3n) is 3.03. The molecule has 19 heavy (non-hydrogen) atoms. The van der Waals surface area contributed by atoms with E-state index in [2.05, 4.69) is 31.9 Å². The lowest BCUT2D eigenvalue weighted by Gasteiger charge is -2.10. The van der Waals surface area contributed by atoms with Crippen molar-refractivity contribution in [2.24, 2.45) is 5.92 Å². The molecule has 1 aliphatic carbocycles. The van der Waals surface area contributed by atoms with E-state index in [1.165, 1.54) is 7.11 Å². The molecule has 1 unspecified atom stereocenters. The average molecular weight is 392 g/mol. The van der Waals surface area contributed by atoms with E-state index in [-0.39, 0.29) is 12.4 Å². The van der Waals surface area contributed by atoms with Crippen molar-refractivity contribution >= 4 is 43.6 Å². The molecule has 0 aliphatic heterocycles. The maximum Gasteiger partial charge on any atom is 0.317 e. The molecule has 2 rings (SSSR count). The minimum Gasteiger partial charge on any atom is -0.495 e. The van der Waals surface area contributed by atoms with Crippen LogP contribution in [0.4, 0.5) is 0 Å². The minimum atomic E-state index is -0.769. The topological polar surface area (TPSA) is 52.6 Å². The number of Topliss-reactive ketones (excluding diaryl/α,β-unsaturated/α-hetero) is 1. The van der Waals surface area contributed by atoms with Crippen LogP contribution in [-0.4, -0.2) is 25.5 Å². The number of ether oxygens (including phenoxy) is 2. The van der Waals surface area contributed by atoms with E-state index in [0.29, 0.717) is 22.2 Å². The highest BCUT2D eigenvalue weighted by Crippen LogP contribution is 2.43. The summed E-state index contributed by atoms with van der Waals surface area (Å²) in [5.74, 6) is -1.02. The predicted octanol–water partition coefficient (Wildman–Crippen LogP) is 3.14. The molecule has 1 atom stereocenters. The lowest BCUT2D eigenvalue weighted by atomic mass is 10.1. The molecule has 0 saturated carbocycles. The predicted molar refractivity (Wildman–Crippen MR) is 76.6 cm³/mol. The van der Waals surface area contributed by atoms with Gasteiger partial charge in [0.05, 0.1) is 23.8 Å². The summed E-state index contributed by atoms with van der Waals surface area (Å²) in [5, 5.41) is 0. The number of fused-ring (bicyclic) bond motifs is 1. The first kappa shape index (κ1) is 14.5. The number of methoxy groups -OCH3 is 1. The largest absolute Gasteiger partial charge is 0.495 e. The van der Waals surface area contributed by atoms with Gasteiger partial charge in [0.15, 0.2) is 5.78 Å². The third-order valence-corrected chi connectivity index (χ3v) is 4.33. The van der Waals surface area contributed by atoms with Crippen molar-refractivity contribution in [2.45, 2.75) is 13.3 Å². The van der Waals surface area contributed by atoms with Crippen LogP contribution in [0, 0.1) is 5.92 Å². The van der Waals surface area contributed by atoms with E-state index in [0.717, 1.165) is 10.0 Å². The van der Waals surface area contributed by atoms with Crippen molar-refractivity contribution in [3.63, 3.8) is 0 Å². The van der Waals surface area contributed by atoms with E-state index < -0.39 is 11.9 Å². The summed E-state index contributed by atoms with van der Waals surface area (Å²) >= 11 is 6.77. The number of rotatable bonds is 3. The van der Waals surface area contributed by atoms with Crippen molar-refractivity contribution in [2.75, 3.05) is 13.7 Å². The van der Waals surface area contributed by atoms with Gasteiger partial charge in [-0.15, -0.1) is 0 Å². The number of halogens is 2. The summed E-state index contributed by atoms with van der Waals surface area (Å²) in [6, 6.07) is 1.82. The smallest absolute Gasteiger partial charge is 0.317 e. The zero-order chi connectivity index (χ0) is 14.2. The number of carbonyl (C=O) groups excluding carboxylic acids is 2. The summed E-state index contributed by atoms with van der Waals surface area (Å²) in [7, 11) is 1.50. The Hall–Kier alpha value is -0.880. The van der Waals surface area contributed by atoms with Gasteiger partial charge in [0, 0.05) is 4.47 Å². The Bertz CT molecular complexity index is 554. The fraction of sp³-hybridized carbons (Fsp3) is 0.385. The Morgan fingerprint density at radius 2 is 2.11 bits per heavy atom. The Balaban J connectivity index is 2.48. The Morgan fingerprint density at radius 3 is 2.68 bits per heavy atom. The molecule has 1 aromatic rings. The van der Waals surface area contributed by atoms with Crippen molar-refractivity contribution in [1.82, 2.24) is 0 Å². The second-order valence-electron chi connectivity index (χ2n) is 4.10. The van der Waals surface area contributed by atoms with Crippen LogP contribution in [0.1, 0.15) is 22.8 Å². The molecular formula is C13H12Br2O4. The van der Waals surface area contributed by atoms with Crippen LogP contribution in [0.15, 0.2) is 15.0 Å². The molecule has 0 fully saturated rings. The van der Waals surface area contributed by atoms with Gasteiger partial charge in [0.1, 0.15) is 11.7 Å². The van der Waals surface area contributed by atoms with E-state index in [9.17, 15) is 9.59 Å². The summed E-state index contributed by atoms with van der Waals surface area (Å²) in [6.07, 6.45) is 0.344. The van der Waals surface area contributed by atoms with Crippen LogP contribution in [0.5, 0.6) is 5.75 Å². The second-order valence-corrected chi connectivity index (χ2v) is 5.81. The van der Waals surface area contributed by atoms with Crippen molar-refractivity contribution in [1.29, 1.82) is 0 Å². The molecular weight excluding hydrogens is 380 g/mol. The van der Waals surface area contributed by atoms with Gasteiger partial charge in [-0.05, 0) is 40.9 Å². The van der Waals surface area contributed by atoms with Crippen LogP contribution in [-0.2, 0) is 16.0 Å². The van der Waals surface area contributed by atoms with E-state index in [1.807, 2.05) is 6.07 Å². The normalized spacial score (nSPS) is 17.3. The molecule has 1 aromatic carbocycles. The first-order valence-electron chi connectivity index (χ1n) is 5.76. The molecule has 0 amide bonds. The van der Waals surface area contributed by atoms with Crippen LogP contribution in [0.2, 0.25) is 0 Å². The molecule has 0 radical (unpaired) electrons. The highest BCUT2D eigenvalue weighted by molar-refractivity contribution is 9.11. The van der Waals surface area contributed by atoms with Crippen molar-refractivity contribution < 1.29 is 19.1 Å². The van der Waals surface area contributed by atoms with Crippen molar-refractivity contribution in [3.05, 3.63) is 26.1 Å². The molecule has 0 N–H and O–H groups in total. The average Bonchev–Trinajstić information content (AvgIpc) is 2.69. The number of esters is 1. The molecule has 0 bridgehead atoms. The summed E-state index contributed by atoms with van der Waals surface area (Å²) in [5.41, 5.74) is 1.25. The Labute approximate surface area is 127 Å². The lowest BCUT2D eigenvalue weighted by Crippen LogP contribution is -2.23. The highest BCUT2D eigenvalue weighted by Gasteiger charge is 2.40. The molecule has 1 aliphatic rings. The number of carbonyl (C=O) groups is 2. The molecule has 102 valence electrons. The number of hydrogen-bond acceptors (Lipinski definition) is 4. The number of hydrogen-bond donors (Lipinski definition) is 0. The summed E-state index contributed by atoms with van der Waals surface area (Å²) in [6.45, 7) is 1.98. The monoisotopic (exact) mass is 390 g/mol. The standard InChI is InChI=1S/C13H12Br2O4/c1-3-19-13(17)7-4-6-8(14)5-9(15)12(18-2)10(6)11(7)16/h5,7H,3-4H2,1-2H3. The maximum absolute atomic E-state index is 12.4. The zero-order valence-corrected chi connectivity index (χ0v) is 13.6. The van der Waals surface area contributed by atoms with Crippen LogP contribution >= 0.6 is 31.9 Å². The first-order chi connectivity index (χ1) is 9.01. The van der Waals surface area contributed by atoms with Crippen LogP contribution in [0.25, 0.3) is 0 Å².